The Labute approximate surface area is 131 Å². The number of urea groups is 1. The molecule has 1 fully saturated rings. The highest BCUT2D eigenvalue weighted by Gasteiger charge is 2.44. The van der Waals surface area contributed by atoms with E-state index in [1.807, 2.05) is 31.2 Å². The molecule has 0 spiro atoms. The predicted octanol–water partition coefficient (Wildman–Crippen LogP) is 3.01. The average Bonchev–Trinajstić information content (AvgIpc) is 2.87. The van der Waals surface area contributed by atoms with Gasteiger partial charge in [-0.15, -0.1) is 0 Å². The Morgan fingerprint density at radius 3 is 2.70 bits per heavy atom. The standard InChI is InChI=1S/C14H17IN2O3/c1-2-14(12(18)19)7-8-17(9-14)13(20)16-11-6-4-3-5-10(11)15/h3-6H,2,7-9H2,1H3,(H,16,20)(H,18,19). The Morgan fingerprint density at radius 1 is 1.45 bits per heavy atom. The van der Waals surface area contributed by atoms with Crippen LogP contribution in [-0.4, -0.2) is 35.1 Å². The van der Waals surface area contributed by atoms with Gasteiger partial charge in [-0.1, -0.05) is 19.1 Å². The molecule has 1 unspecified atom stereocenters. The van der Waals surface area contributed by atoms with Gasteiger partial charge in [0, 0.05) is 16.7 Å². The van der Waals surface area contributed by atoms with Crippen LogP contribution < -0.4 is 5.32 Å². The number of rotatable bonds is 3. The van der Waals surface area contributed by atoms with E-state index in [2.05, 4.69) is 27.9 Å². The van der Waals surface area contributed by atoms with Gasteiger partial charge in [0.2, 0.25) is 0 Å². The number of amides is 2. The molecule has 1 heterocycles. The van der Waals surface area contributed by atoms with Crippen molar-refractivity contribution < 1.29 is 14.7 Å². The lowest BCUT2D eigenvalue weighted by Gasteiger charge is -2.23. The van der Waals surface area contributed by atoms with E-state index >= 15 is 0 Å². The van der Waals surface area contributed by atoms with E-state index < -0.39 is 11.4 Å². The van der Waals surface area contributed by atoms with Crippen molar-refractivity contribution in [1.82, 2.24) is 4.90 Å². The summed E-state index contributed by atoms with van der Waals surface area (Å²) in [5, 5.41) is 12.2. The number of likely N-dealkylation sites (tertiary alicyclic amines) is 1. The van der Waals surface area contributed by atoms with Gasteiger partial charge in [0.25, 0.3) is 0 Å². The fraction of sp³-hybridized carbons (Fsp3) is 0.429. The van der Waals surface area contributed by atoms with E-state index in [0.717, 1.165) is 9.26 Å². The molecule has 6 heteroatoms. The lowest BCUT2D eigenvalue weighted by atomic mass is 9.84. The summed E-state index contributed by atoms with van der Waals surface area (Å²) in [6.45, 7) is 2.61. The number of aliphatic carboxylic acids is 1. The molecule has 0 aliphatic carbocycles. The monoisotopic (exact) mass is 388 g/mol. The second kappa shape index (κ2) is 5.99. The summed E-state index contributed by atoms with van der Waals surface area (Å²) in [7, 11) is 0. The zero-order chi connectivity index (χ0) is 14.8. The predicted molar refractivity (Wildman–Crippen MR) is 84.7 cm³/mol. The van der Waals surface area contributed by atoms with Crippen LogP contribution in [0.3, 0.4) is 0 Å². The summed E-state index contributed by atoms with van der Waals surface area (Å²) < 4.78 is 0.956. The second-order valence-electron chi connectivity index (χ2n) is 5.02. The van der Waals surface area contributed by atoms with Gasteiger partial charge >= 0.3 is 12.0 Å². The number of nitrogens with zero attached hydrogens (tertiary/aromatic N) is 1. The Bertz CT molecular complexity index is 535. The van der Waals surface area contributed by atoms with E-state index in [4.69, 9.17) is 0 Å². The average molecular weight is 388 g/mol. The van der Waals surface area contributed by atoms with Crippen molar-refractivity contribution in [3.8, 4) is 0 Å². The number of para-hydroxylation sites is 1. The minimum atomic E-state index is -0.815. The van der Waals surface area contributed by atoms with Crippen molar-refractivity contribution in [3.63, 3.8) is 0 Å². The smallest absolute Gasteiger partial charge is 0.321 e. The molecule has 2 N–H and O–H groups in total. The molecule has 1 aliphatic heterocycles. The third kappa shape index (κ3) is 2.89. The van der Waals surface area contributed by atoms with E-state index in [1.54, 1.807) is 4.90 Å². The van der Waals surface area contributed by atoms with Crippen LogP contribution in [0.1, 0.15) is 19.8 Å². The maximum atomic E-state index is 12.2. The van der Waals surface area contributed by atoms with Gasteiger partial charge in [0.1, 0.15) is 0 Å². The zero-order valence-electron chi connectivity index (χ0n) is 11.2. The van der Waals surface area contributed by atoms with Gasteiger partial charge in [-0.05, 0) is 47.6 Å². The quantitative estimate of drug-likeness (QED) is 0.783. The molecule has 5 nitrogen and oxygen atoms in total. The van der Waals surface area contributed by atoms with Crippen molar-refractivity contribution in [2.24, 2.45) is 5.41 Å². The summed E-state index contributed by atoms with van der Waals surface area (Å²) >= 11 is 2.15. The van der Waals surface area contributed by atoms with Crippen molar-refractivity contribution >= 4 is 40.3 Å². The van der Waals surface area contributed by atoms with E-state index in [9.17, 15) is 14.7 Å². The molecule has 0 aromatic heterocycles. The highest BCUT2D eigenvalue weighted by molar-refractivity contribution is 14.1. The summed E-state index contributed by atoms with van der Waals surface area (Å²) in [6.07, 6.45) is 1.05. The third-order valence-electron chi connectivity index (χ3n) is 3.89. The maximum absolute atomic E-state index is 12.2. The first-order chi connectivity index (χ1) is 9.48. The number of benzene rings is 1. The Kier molecular flexibility index (Phi) is 4.52. The number of hydrogen-bond donors (Lipinski definition) is 2. The zero-order valence-corrected chi connectivity index (χ0v) is 13.4. The number of carboxylic acid groups (broad SMARTS) is 1. The maximum Gasteiger partial charge on any atom is 0.321 e. The summed E-state index contributed by atoms with van der Waals surface area (Å²) in [5.41, 5.74) is -0.0382. The van der Waals surface area contributed by atoms with Gasteiger partial charge in [-0.25, -0.2) is 4.79 Å². The Hall–Kier alpha value is -1.31. The van der Waals surface area contributed by atoms with E-state index in [-0.39, 0.29) is 12.6 Å². The molecule has 0 radical (unpaired) electrons. The van der Waals surface area contributed by atoms with Crippen LogP contribution in [-0.2, 0) is 4.79 Å². The van der Waals surface area contributed by atoms with Crippen LogP contribution in [0.15, 0.2) is 24.3 Å². The lowest BCUT2D eigenvalue weighted by Crippen LogP contribution is -2.38. The van der Waals surface area contributed by atoms with Crippen LogP contribution in [0.4, 0.5) is 10.5 Å². The minimum absolute atomic E-state index is 0.231. The molecule has 2 amide bonds. The molecule has 1 aromatic carbocycles. The highest BCUT2D eigenvalue weighted by atomic mass is 127. The fourth-order valence-electron chi connectivity index (χ4n) is 2.42. The van der Waals surface area contributed by atoms with Gasteiger partial charge in [-0.2, -0.15) is 0 Å². The fourth-order valence-corrected chi connectivity index (χ4v) is 2.94. The molecule has 0 bridgehead atoms. The second-order valence-corrected chi connectivity index (χ2v) is 6.18. The molecule has 1 aliphatic rings. The SMILES string of the molecule is CCC1(C(=O)O)CCN(C(=O)Nc2ccccc2I)C1. The number of carbonyl (C=O) groups excluding carboxylic acids is 1. The molecule has 0 saturated carbocycles. The summed E-state index contributed by atoms with van der Waals surface area (Å²) in [5.74, 6) is -0.815. The number of carbonyl (C=O) groups is 2. The van der Waals surface area contributed by atoms with E-state index in [0.29, 0.717) is 19.4 Å². The molecule has 1 saturated heterocycles. The number of nitrogens with one attached hydrogen (secondary N) is 1. The van der Waals surface area contributed by atoms with Crippen molar-refractivity contribution in [1.29, 1.82) is 0 Å². The molecule has 108 valence electrons. The van der Waals surface area contributed by atoms with Crippen LogP contribution in [0.2, 0.25) is 0 Å². The van der Waals surface area contributed by atoms with Gasteiger partial charge in [-0.3, -0.25) is 4.79 Å². The van der Waals surface area contributed by atoms with Crippen LogP contribution in [0.5, 0.6) is 0 Å². The molecule has 2 rings (SSSR count). The third-order valence-corrected chi connectivity index (χ3v) is 4.83. The van der Waals surface area contributed by atoms with Crippen LogP contribution in [0, 0.1) is 8.99 Å². The van der Waals surface area contributed by atoms with Crippen molar-refractivity contribution in [2.45, 2.75) is 19.8 Å². The number of carboxylic acids is 1. The molecule has 20 heavy (non-hydrogen) atoms. The number of anilines is 1. The Balaban J connectivity index is 2.05. The normalized spacial score (nSPS) is 21.8. The Morgan fingerprint density at radius 2 is 2.15 bits per heavy atom. The molecule has 1 atom stereocenters. The van der Waals surface area contributed by atoms with Gasteiger partial charge < -0.3 is 15.3 Å². The van der Waals surface area contributed by atoms with E-state index in [1.165, 1.54) is 0 Å². The summed E-state index contributed by atoms with van der Waals surface area (Å²) in [6, 6.07) is 7.27. The highest BCUT2D eigenvalue weighted by Crippen LogP contribution is 2.34. The number of hydrogen-bond acceptors (Lipinski definition) is 2. The molecular weight excluding hydrogens is 371 g/mol. The van der Waals surface area contributed by atoms with Crippen LogP contribution >= 0.6 is 22.6 Å². The first kappa shape index (κ1) is 15.1. The molecule has 1 aromatic rings. The van der Waals surface area contributed by atoms with Crippen LogP contribution in [0.25, 0.3) is 0 Å². The summed E-state index contributed by atoms with van der Waals surface area (Å²) in [4.78, 5) is 25.2. The lowest BCUT2D eigenvalue weighted by molar-refractivity contribution is -0.148. The largest absolute Gasteiger partial charge is 0.481 e. The molecular formula is C14H17IN2O3. The van der Waals surface area contributed by atoms with Gasteiger partial charge in [0.05, 0.1) is 11.1 Å². The first-order valence-corrected chi connectivity index (χ1v) is 7.60. The van der Waals surface area contributed by atoms with Crippen molar-refractivity contribution in [2.75, 3.05) is 18.4 Å². The minimum Gasteiger partial charge on any atom is -0.481 e. The van der Waals surface area contributed by atoms with Gasteiger partial charge in [0.15, 0.2) is 0 Å². The van der Waals surface area contributed by atoms with Crippen molar-refractivity contribution in [3.05, 3.63) is 27.8 Å². The number of halogens is 1. The first-order valence-electron chi connectivity index (χ1n) is 6.52. The topological polar surface area (TPSA) is 69.6 Å².